The second-order valence-corrected chi connectivity index (χ2v) is 6.37. The number of morpholine rings is 1. The average molecular weight is 365 g/mol. The molecule has 1 heterocycles. The number of nitrogens with zero attached hydrogens (tertiary/aromatic N) is 2. The fraction of sp³-hybridized carbons (Fsp3) is 0.333. The average Bonchev–Trinajstić information content (AvgIpc) is 2.73. The Morgan fingerprint density at radius 1 is 1.15 bits per heavy atom. The Morgan fingerprint density at radius 3 is 2.52 bits per heavy atom. The quantitative estimate of drug-likeness (QED) is 0.814. The van der Waals surface area contributed by atoms with Gasteiger partial charge in [0.25, 0.3) is 5.91 Å². The van der Waals surface area contributed by atoms with Gasteiger partial charge in [0.15, 0.2) is 6.61 Å². The standard InChI is InChI=1S/C21H23N3O3/c22-14-17-6-8-19(9-7-17)27-16-21(25)23-20(18-4-2-1-3-5-18)15-24-10-12-26-13-11-24/h1-9,20H,10-13,15-16H2,(H,23,25)/t20-/m0/s1. The molecule has 0 saturated carbocycles. The zero-order valence-electron chi connectivity index (χ0n) is 15.1. The molecule has 0 unspecified atom stereocenters. The highest BCUT2D eigenvalue weighted by atomic mass is 16.5. The van der Waals surface area contributed by atoms with Crippen LogP contribution in [0.15, 0.2) is 54.6 Å². The van der Waals surface area contributed by atoms with E-state index in [1.165, 1.54) is 0 Å². The molecule has 6 heteroatoms. The maximum atomic E-state index is 12.4. The summed E-state index contributed by atoms with van der Waals surface area (Å²) in [5.74, 6) is 0.384. The van der Waals surface area contributed by atoms with E-state index < -0.39 is 0 Å². The van der Waals surface area contributed by atoms with Gasteiger partial charge in [-0.25, -0.2) is 0 Å². The van der Waals surface area contributed by atoms with Crippen LogP contribution in [0.4, 0.5) is 0 Å². The first-order valence-corrected chi connectivity index (χ1v) is 9.02. The van der Waals surface area contributed by atoms with Crippen LogP contribution < -0.4 is 10.1 Å². The van der Waals surface area contributed by atoms with Gasteiger partial charge in [-0.05, 0) is 29.8 Å². The second kappa shape index (κ2) is 9.72. The zero-order valence-corrected chi connectivity index (χ0v) is 15.1. The van der Waals surface area contributed by atoms with Gasteiger partial charge in [-0.3, -0.25) is 9.69 Å². The monoisotopic (exact) mass is 365 g/mol. The summed E-state index contributed by atoms with van der Waals surface area (Å²) in [6, 6.07) is 18.6. The van der Waals surface area contributed by atoms with Crippen LogP contribution in [0.5, 0.6) is 5.75 Å². The first kappa shape index (κ1) is 18.9. The summed E-state index contributed by atoms with van der Waals surface area (Å²) in [6.45, 7) is 3.82. The minimum Gasteiger partial charge on any atom is -0.484 e. The molecular weight excluding hydrogens is 342 g/mol. The van der Waals surface area contributed by atoms with E-state index in [2.05, 4.69) is 16.3 Å². The third-order valence-corrected chi connectivity index (χ3v) is 4.43. The number of carbonyl (C=O) groups is 1. The van der Waals surface area contributed by atoms with Crippen molar-refractivity contribution in [2.24, 2.45) is 0 Å². The number of hydrogen-bond acceptors (Lipinski definition) is 5. The zero-order chi connectivity index (χ0) is 18.9. The van der Waals surface area contributed by atoms with Gasteiger partial charge in [0.05, 0.1) is 30.9 Å². The summed E-state index contributed by atoms with van der Waals surface area (Å²) in [5, 5.41) is 11.9. The maximum absolute atomic E-state index is 12.4. The molecule has 6 nitrogen and oxygen atoms in total. The highest BCUT2D eigenvalue weighted by molar-refractivity contribution is 5.78. The van der Waals surface area contributed by atoms with E-state index in [0.29, 0.717) is 11.3 Å². The predicted molar refractivity (Wildman–Crippen MR) is 101 cm³/mol. The number of nitriles is 1. The molecule has 0 radical (unpaired) electrons. The van der Waals surface area contributed by atoms with Gasteiger partial charge < -0.3 is 14.8 Å². The number of nitrogens with one attached hydrogen (secondary N) is 1. The van der Waals surface area contributed by atoms with Crippen molar-refractivity contribution < 1.29 is 14.3 Å². The number of ether oxygens (including phenoxy) is 2. The lowest BCUT2D eigenvalue weighted by atomic mass is 10.1. The smallest absolute Gasteiger partial charge is 0.258 e. The van der Waals surface area contributed by atoms with Gasteiger partial charge >= 0.3 is 0 Å². The van der Waals surface area contributed by atoms with Gasteiger partial charge in [-0.1, -0.05) is 30.3 Å². The third kappa shape index (κ3) is 5.81. The molecular formula is C21H23N3O3. The summed E-state index contributed by atoms with van der Waals surface area (Å²) in [4.78, 5) is 14.7. The van der Waals surface area contributed by atoms with E-state index in [-0.39, 0.29) is 18.6 Å². The molecule has 0 aromatic heterocycles. The molecule has 1 amide bonds. The molecule has 1 aliphatic heterocycles. The van der Waals surface area contributed by atoms with E-state index in [0.717, 1.165) is 38.4 Å². The number of benzene rings is 2. The van der Waals surface area contributed by atoms with E-state index in [1.807, 2.05) is 30.3 Å². The van der Waals surface area contributed by atoms with Crippen LogP contribution in [0.2, 0.25) is 0 Å². The first-order chi connectivity index (χ1) is 13.2. The summed E-state index contributed by atoms with van der Waals surface area (Å²) in [5.41, 5.74) is 1.62. The van der Waals surface area contributed by atoms with E-state index in [1.54, 1.807) is 24.3 Å². The molecule has 1 fully saturated rings. The fourth-order valence-electron chi connectivity index (χ4n) is 2.97. The van der Waals surface area contributed by atoms with Crippen LogP contribution in [0.1, 0.15) is 17.2 Å². The van der Waals surface area contributed by atoms with Crippen molar-refractivity contribution in [1.29, 1.82) is 5.26 Å². The van der Waals surface area contributed by atoms with Gasteiger partial charge in [-0.2, -0.15) is 5.26 Å². The van der Waals surface area contributed by atoms with Crippen molar-refractivity contribution in [3.63, 3.8) is 0 Å². The number of rotatable bonds is 7. The minimum absolute atomic E-state index is 0.0711. The lowest BCUT2D eigenvalue weighted by molar-refractivity contribution is -0.124. The van der Waals surface area contributed by atoms with E-state index in [9.17, 15) is 4.79 Å². The molecule has 140 valence electrons. The normalized spacial score (nSPS) is 15.5. The largest absolute Gasteiger partial charge is 0.484 e. The SMILES string of the molecule is N#Cc1ccc(OCC(=O)N[C@@H](CN2CCOCC2)c2ccccc2)cc1. The van der Waals surface area contributed by atoms with Crippen LogP contribution in [-0.4, -0.2) is 50.3 Å². The Balaban J connectivity index is 1.58. The van der Waals surface area contributed by atoms with Crippen LogP contribution in [0, 0.1) is 11.3 Å². The second-order valence-electron chi connectivity index (χ2n) is 6.37. The topological polar surface area (TPSA) is 74.6 Å². The van der Waals surface area contributed by atoms with Gasteiger partial charge in [-0.15, -0.1) is 0 Å². The Hall–Kier alpha value is -2.88. The van der Waals surface area contributed by atoms with Crippen molar-refractivity contribution >= 4 is 5.91 Å². The third-order valence-electron chi connectivity index (χ3n) is 4.43. The van der Waals surface area contributed by atoms with Crippen molar-refractivity contribution in [3.05, 3.63) is 65.7 Å². The summed E-state index contributed by atoms with van der Waals surface area (Å²) >= 11 is 0. The lowest BCUT2D eigenvalue weighted by Gasteiger charge is -2.31. The molecule has 2 aromatic rings. The molecule has 1 saturated heterocycles. The van der Waals surface area contributed by atoms with Crippen molar-refractivity contribution in [1.82, 2.24) is 10.2 Å². The molecule has 0 aliphatic carbocycles. The van der Waals surface area contributed by atoms with Crippen LogP contribution >= 0.6 is 0 Å². The Morgan fingerprint density at radius 2 is 1.85 bits per heavy atom. The number of hydrogen-bond donors (Lipinski definition) is 1. The molecule has 3 rings (SSSR count). The molecule has 1 atom stereocenters. The van der Waals surface area contributed by atoms with Crippen molar-refractivity contribution in [2.45, 2.75) is 6.04 Å². The van der Waals surface area contributed by atoms with Gasteiger partial charge in [0, 0.05) is 19.6 Å². The molecule has 2 aromatic carbocycles. The van der Waals surface area contributed by atoms with Crippen molar-refractivity contribution in [3.8, 4) is 11.8 Å². The first-order valence-electron chi connectivity index (χ1n) is 9.02. The molecule has 27 heavy (non-hydrogen) atoms. The molecule has 1 N–H and O–H groups in total. The highest BCUT2D eigenvalue weighted by Crippen LogP contribution is 2.16. The minimum atomic E-state index is -0.179. The highest BCUT2D eigenvalue weighted by Gasteiger charge is 2.20. The van der Waals surface area contributed by atoms with Crippen molar-refractivity contribution in [2.75, 3.05) is 39.5 Å². The fourth-order valence-corrected chi connectivity index (χ4v) is 2.97. The lowest BCUT2D eigenvalue weighted by Crippen LogP contribution is -2.44. The van der Waals surface area contributed by atoms with Gasteiger partial charge in [0.2, 0.25) is 0 Å². The van der Waals surface area contributed by atoms with Crippen LogP contribution in [0.25, 0.3) is 0 Å². The Bertz CT molecular complexity index is 766. The summed E-state index contributed by atoms with van der Waals surface area (Å²) in [7, 11) is 0. The number of carbonyl (C=O) groups excluding carboxylic acids is 1. The molecule has 1 aliphatic rings. The Labute approximate surface area is 159 Å². The van der Waals surface area contributed by atoms with E-state index >= 15 is 0 Å². The summed E-state index contributed by atoms with van der Waals surface area (Å²) in [6.07, 6.45) is 0. The van der Waals surface area contributed by atoms with Gasteiger partial charge in [0.1, 0.15) is 5.75 Å². The molecule has 0 spiro atoms. The van der Waals surface area contributed by atoms with Crippen LogP contribution in [-0.2, 0) is 9.53 Å². The van der Waals surface area contributed by atoms with E-state index in [4.69, 9.17) is 14.7 Å². The maximum Gasteiger partial charge on any atom is 0.258 e. The summed E-state index contributed by atoms with van der Waals surface area (Å²) < 4.78 is 10.9. The molecule has 0 bridgehead atoms. The number of amides is 1. The van der Waals surface area contributed by atoms with Crippen LogP contribution in [0.3, 0.4) is 0 Å². The Kier molecular flexibility index (Phi) is 6.80. The predicted octanol–water partition coefficient (Wildman–Crippen LogP) is 2.13.